The van der Waals surface area contributed by atoms with E-state index in [0.717, 1.165) is 56.0 Å². The highest BCUT2D eigenvalue weighted by atomic mass is 32.1. The van der Waals surface area contributed by atoms with Gasteiger partial charge in [-0.2, -0.15) is 10.5 Å². The van der Waals surface area contributed by atoms with E-state index in [1.807, 2.05) is 45.0 Å². The SMILES string of the molecule is C=Cc1sc([C@@](C)(N=C(C)N)[C@H](C(=C)C)c2ccc(C3(C#N)CC3)cc2)cc1-c1cc(C#N)ccc1C. The Morgan fingerprint density at radius 2 is 1.81 bits per heavy atom. The fraction of sp³-hybridized carbons (Fsp3) is 0.281. The molecule has 2 N–H and O–H groups in total. The van der Waals surface area contributed by atoms with Gasteiger partial charge in [0.15, 0.2) is 0 Å². The van der Waals surface area contributed by atoms with Crippen LogP contribution in [-0.2, 0) is 11.0 Å². The van der Waals surface area contributed by atoms with E-state index in [-0.39, 0.29) is 11.3 Å². The Balaban J connectivity index is 1.88. The number of aryl methyl sites for hydroxylation is 1. The van der Waals surface area contributed by atoms with Gasteiger partial charge in [0.1, 0.15) is 5.54 Å². The topological polar surface area (TPSA) is 86.0 Å². The Morgan fingerprint density at radius 3 is 2.32 bits per heavy atom. The number of nitrogens with zero attached hydrogens (tertiary/aromatic N) is 3. The molecule has 0 aliphatic heterocycles. The van der Waals surface area contributed by atoms with Crippen LogP contribution in [0.5, 0.6) is 0 Å². The van der Waals surface area contributed by atoms with Crippen LogP contribution in [0.4, 0.5) is 0 Å². The molecule has 2 aromatic carbocycles. The van der Waals surface area contributed by atoms with Gasteiger partial charge in [-0.15, -0.1) is 11.3 Å². The van der Waals surface area contributed by atoms with E-state index in [4.69, 9.17) is 10.7 Å². The standard InChI is InChI=1S/C32H32N4S/c1-7-28-27(26-16-23(18-33)9-8-21(26)4)17-29(37-28)31(6,36-22(5)35)30(20(2)3)24-10-12-25(13-11-24)32(19-34)14-15-32/h7-13,16-17,30H,1-2,14-15H2,3-6H3,(H2,35,36)/t30-,31-/m1/s1. The second kappa shape index (κ2) is 9.85. The molecule has 0 spiro atoms. The van der Waals surface area contributed by atoms with Gasteiger partial charge in [0, 0.05) is 21.2 Å². The number of nitrogens with two attached hydrogens (primary N) is 1. The first-order valence-electron chi connectivity index (χ1n) is 12.4. The Bertz CT molecular complexity index is 1480. The molecular formula is C32H32N4S. The molecule has 0 radical (unpaired) electrons. The van der Waals surface area contributed by atoms with Crippen molar-refractivity contribution in [2.24, 2.45) is 10.7 Å². The first-order chi connectivity index (χ1) is 17.6. The maximum absolute atomic E-state index is 9.63. The Kier molecular flexibility index (Phi) is 6.96. The predicted octanol–water partition coefficient (Wildman–Crippen LogP) is 7.75. The van der Waals surface area contributed by atoms with Crippen molar-refractivity contribution in [2.45, 2.75) is 57.4 Å². The van der Waals surface area contributed by atoms with Crippen LogP contribution in [0.15, 0.2) is 72.3 Å². The number of benzene rings is 2. The molecule has 0 amide bonds. The first-order valence-corrected chi connectivity index (χ1v) is 13.2. The van der Waals surface area contributed by atoms with Gasteiger partial charge in [-0.1, -0.05) is 55.1 Å². The summed E-state index contributed by atoms with van der Waals surface area (Å²) in [7, 11) is 0. The van der Waals surface area contributed by atoms with Crippen molar-refractivity contribution in [3.05, 3.63) is 99.3 Å². The van der Waals surface area contributed by atoms with Crippen molar-refractivity contribution < 1.29 is 0 Å². The number of amidine groups is 1. The molecule has 1 fully saturated rings. The van der Waals surface area contributed by atoms with Crippen LogP contribution in [0.1, 0.15) is 71.5 Å². The maximum atomic E-state index is 9.63. The molecule has 0 saturated heterocycles. The lowest BCUT2D eigenvalue weighted by molar-refractivity contribution is 0.439. The minimum absolute atomic E-state index is 0.145. The zero-order chi connectivity index (χ0) is 27.0. The Labute approximate surface area is 224 Å². The lowest BCUT2D eigenvalue weighted by Crippen LogP contribution is -2.31. The number of hydrogen-bond acceptors (Lipinski definition) is 4. The molecule has 37 heavy (non-hydrogen) atoms. The molecular weight excluding hydrogens is 472 g/mol. The summed E-state index contributed by atoms with van der Waals surface area (Å²) in [6.07, 6.45) is 3.69. The number of thiophene rings is 1. The van der Waals surface area contributed by atoms with Crippen molar-refractivity contribution >= 4 is 23.2 Å². The van der Waals surface area contributed by atoms with Gasteiger partial charge >= 0.3 is 0 Å². The minimum Gasteiger partial charge on any atom is -0.388 e. The molecule has 1 aliphatic rings. The molecule has 5 heteroatoms. The van der Waals surface area contributed by atoms with E-state index in [2.05, 4.69) is 62.6 Å². The average molecular weight is 505 g/mol. The summed E-state index contributed by atoms with van der Waals surface area (Å²) in [4.78, 5) is 7.08. The third kappa shape index (κ3) is 4.76. The van der Waals surface area contributed by atoms with Gasteiger partial charge < -0.3 is 5.73 Å². The number of nitriles is 2. The van der Waals surface area contributed by atoms with E-state index >= 15 is 0 Å². The highest BCUT2D eigenvalue weighted by Crippen LogP contribution is 2.51. The second-order valence-electron chi connectivity index (χ2n) is 10.2. The molecule has 1 saturated carbocycles. The van der Waals surface area contributed by atoms with Crippen LogP contribution in [0.25, 0.3) is 17.2 Å². The van der Waals surface area contributed by atoms with Crippen molar-refractivity contribution in [3.63, 3.8) is 0 Å². The molecule has 0 bridgehead atoms. The van der Waals surface area contributed by atoms with Crippen LogP contribution in [0.3, 0.4) is 0 Å². The van der Waals surface area contributed by atoms with E-state index in [9.17, 15) is 10.5 Å². The summed E-state index contributed by atoms with van der Waals surface area (Å²) in [6.45, 7) is 16.4. The summed E-state index contributed by atoms with van der Waals surface area (Å²) in [5, 5.41) is 19.1. The van der Waals surface area contributed by atoms with Crippen molar-refractivity contribution in [1.29, 1.82) is 10.5 Å². The molecule has 1 aromatic heterocycles. The van der Waals surface area contributed by atoms with Gasteiger partial charge in [0.2, 0.25) is 0 Å². The maximum Gasteiger partial charge on any atom is 0.104 e. The Morgan fingerprint density at radius 1 is 1.14 bits per heavy atom. The molecule has 0 unspecified atom stereocenters. The van der Waals surface area contributed by atoms with Gasteiger partial charge in [-0.3, -0.25) is 4.99 Å². The van der Waals surface area contributed by atoms with Crippen LogP contribution in [-0.4, -0.2) is 5.84 Å². The number of rotatable bonds is 8. The summed E-state index contributed by atoms with van der Waals surface area (Å²) >= 11 is 1.64. The highest BCUT2D eigenvalue weighted by molar-refractivity contribution is 7.13. The van der Waals surface area contributed by atoms with Crippen molar-refractivity contribution in [1.82, 2.24) is 0 Å². The minimum atomic E-state index is -0.722. The summed E-state index contributed by atoms with van der Waals surface area (Å²) < 4.78 is 0. The van der Waals surface area contributed by atoms with Crippen molar-refractivity contribution in [2.75, 3.05) is 0 Å². The third-order valence-electron chi connectivity index (χ3n) is 7.33. The first kappa shape index (κ1) is 26.1. The Hall–Kier alpha value is -3.93. The van der Waals surface area contributed by atoms with Crippen LogP contribution in [0, 0.1) is 29.6 Å². The monoisotopic (exact) mass is 504 g/mol. The van der Waals surface area contributed by atoms with E-state index < -0.39 is 5.54 Å². The van der Waals surface area contributed by atoms with Crippen LogP contribution < -0.4 is 5.73 Å². The average Bonchev–Trinajstić information content (AvgIpc) is 3.54. The molecule has 1 heterocycles. The predicted molar refractivity (Wildman–Crippen MR) is 154 cm³/mol. The molecule has 3 aromatic rings. The number of aliphatic imine (C=N–C) groups is 1. The zero-order valence-corrected chi connectivity index (χ0v) is 22.7. The number of hydrogen-bond donors (Lipinski definition) is 1. The third-order valence-corrected chi connectivity index (χ3v) is 8.68. The lowest BCUT2D eigenvalue weighted by Gasteiger charge is -2.35. The van der Waals surface area contributed by atoms with Gasteiger partial charge in [0.05, 0.1) is 29.0 Å². The summed E-state index contributed by atoms with van der Waals surface area (Å²) in [6, 6.07) is 21.0. The molecule has 4 rings (SSSR count). The summed E-state index contributed by atoms with van der Waals surface area (Å²) in [5.41, 5.74) is 12.0. The van der Waals surface area contributed by atoms with E-state index in [0.29, 0.717) is 11.4 Å². The second-order valence-corrected chi connectivity index (χ2v) is 11.3. The van der Waals surface area contributed by atoms with Gasteiger partial charge in [0.25, 0.3) is 0 Å². The fourth-order valence-electron chi connectivity index (χ4n) is 5.30. The van der Waals surface area contributed by atoms with E-state index in [1.54, 1.807) is 11.3 Å². The summed E-state index contributed by atoms with van der Waals surface area (Å²) in [5.74, 6) is 0.345. The highest BCUT2D eigenvalue weighted by Gasteiger charge is 2.45. The fourth-order valence-corrected chi connectivity index (χ4v) is 6.45. The quantitative estimate of drug-likeness (QED) is 0.193. The molecule has 4 nitrogen and oxygen atoms in total. The largest absolute Gasteiger partial charge is 0.388 e. The van der Waals surface area contributed by atoms with Crippen LogP contribution in [0.2, 0.25) is 0 Å². The zero-order valence-electron chi connectivity index (χ0n) is 21.9. The molecule has 186 valence electrons. The van der Waals surface area contributed by atoms with E-state index in [1.165, 1.54) is 0 Å². The van der Waals surface area contributed by atoms with Gasteiger partial charge in [-0.05, 0) is 81.0 Å². The lowest BCUT2D eigenvalue weighted by atomic mass is 9.75. The van der Waals surface area contributed by atoms with Gasteiger partial charge in [-0.25, -0.2) is 0 Å². The van der Waals surface area contributed by atoms with Crippen LogP contribution >= 0.6 is 11.3 Å². The van der Waals surface area contributed by atoms with Crippen molar-refractivity contribution in [3.8, 4) is 23.3 Å². The normalized spacial score (nSPS) is 16.6. The molecule has 2 atom stereocenters. The smallest absolute Gasteiger partial charge is 0.104 e. The molecule has 1 aliphatic carbocycles.